The molecular weight excluding hydrogens is 244 g/mol. The van der Waals surface area contributed by atoms with Gasteiger partial charge >= 0.3 is 5.97 Å². The monoisotopic (exact) mass is 268 g/mol. The van der Waals surface area contributed by atoms with Gasteiger partial charge in [0.15, 0.2) is 0 Å². The molecule has 0 unspecified atom stereocenters. The molecule has 2 aliphatic rings. The smallest absolute Gasteiger partial charge is 0.306 e. The minimum absolute atomic E-state index is 0.0566. The molecule has 0 spiro atoms. The Morgan fingerprint density at radius 3 is 2.26 bits per heavy atom. The number of carboxylic acids is 1. The van der Waals surface area contributed by atoms with Crippen LogP contribution in [0.15, 0.2) is 0 Å². The molecule has 1 aliphatic heterocycles. The zero-order valence-electron chi connectivity index (χ0n) is 11.7. The van der Waals surface area contributed by atoms with Crippen LogP contribution in [-0.2, 0) is 9.59 Å². The van der Waals surface area contributed by atoms with Gasteiger partial charge in [-0.1, -0.05) is 6.92 Å². The van der Waals surface area contributed by atoms with Crippen molar-refractivity contribution in [3.63, 3.8) is 0 Å². The second-order valence-corrected chi connectivity index (χ2v) is 5.71. The molecule has 0 bridgehead atoms. The minimum Gasteiger partial charge on any atom is -0.481 e. The molecule has 5 nitrogen and oxygen atoms in total. The normalized spacial score (nSPS) is 28.6. The van der Waals surface area contributed by atoms with Crippen LogP contribution in [0.3, 0.4) is 0 Å². The van der Waals surface area contributed by atoms with Crippen LogP contribution in [0.25, 0.3) is 0 Å². The summed E-state index contributed by atoms with van der Waals surface area (Å²) >= 11 is 0. The molecule has 1 heterocycles. The summed E-state index contributed by atoms with van der Waals surface area (Å²) in [4.78, 5) is 27.6. The number of rotatable bonds is 4. The van der Waals surface area contributed by atoms with Crippen LogP contribution >= 0.6 is 0 Å². The van der Waals surface area contributed by atoms with Crippen molar-refractivity contribution in [1.29, 1.82) is 0 Å². The van der Waals surface area contributed by atoms with Crippen molar-refractivity contribution in [3.8, 4) is 0 Å². The molecule has 108 valence electrons. The summed E-state index contributed by atoms with van der Waals surface area (Å²) in [6, 6.07) is 0. The van der Waals surface area contributed by atoms with Crippen molar-refractivity contribution in [2.75, 3.05) is 32.7 Å². The van der Waals surface area contributed by atoms with Crippen LogP contribution in [0.1, 0.15) is 32.6 Å². The minimum atomic E-state index is -0.747. The van der Waals surface area contributed by atoms with E-state index in [2.05, 4.69) is 11.8 Å². The standard InChI is InChI=1S/C14H24N2O3/c1-2-5-15-6-8-16(9-7-15)13(17)11-3-4-12(10-11)14(18)19/h11-12H,2-10H2,1H3,(H,18,19)/t11-,12+/m1/s1. The summed E-state index contributed by atoms with van der Waals surface area (Å²) in [5, 5.41) is 8.99. The third-order valence-electron chi connectivity index (χ3n) is 4.35. The van der Waals surface area contributed by atoms with Crippen molar-refractivity contribution in [3.05, 3.63) is 0 Å². The lowest BCUT2D eigenvalue weighted by molar-refractivity contribution is -0.142. The second-order valence-electron chi connectivity index (χ2n) is 5.71. The summed E-state index contributed by atoms with van der Waals surface area (Å²) in [7, 11) is 0. The quantitative estimate of drug-likeness (QED) is 0.827. The van der Waals surface area contributed by atoms with Gasteiger partial charge in [0.1, 0.15) is 0 Å². The van der Waals surface area contributed by atoms with Crippen molar-refractivity contribution < 1.29 is 14.7 Å². The van der Waals surface area contributed by atoms with Gasteiger partial charge in [-0.05, 0) is 32.2 Å². The van der Waals surface area contributed by atoms with E-state index in [4.69, 9.17) is 5.11 Å². The zero-order chi connectivity index (χ0) is 13.8. The van der Waals surface area contributed by atoms with E-state index < -0.39 is 5.97 Å². The second kappa shape index (κ2) is 6.37. The number of nitrogens with zero attached hydrogens (tertiary/aromatic N) is 2. The average molecular weight is 268 g/mol. The Hall–Kier alpha value is -1.10. The van der Waals surface area contributed by atoms with Gasteiger partial charge in [-0.15, -0.1) is 0 Å². The maximum Gasteiger partial charge on any atom is 0.306 e. The molecule has 2 rings (SSSR count). The lowest BCUT2D eigenvalue weighted by atomic mass is 10.0. The number of carbonyl (C=O) groups is 2. The molecule has 1 aliphatic carbocycles. The number of hydrogen-bond acceptors (Lipinski definition) is 3. The molecule has 1 saturated heterocycles. The fourth-order valence-electron chi connectivity index (χ4n) is 3.20. The highest BCUT2D eigenvalue weighted by molar-refractivity contribution is 5.81. The first-order valence-corrected chi connectivity index (χ1v) is 7.35. The predicted molar refractivity (Wildman–Crippen MR) is 71.8 cm³/mol. The van der Waals surface area contributed by atoms with Crippen LogP contribution in [0.4, 0.5) is 0 Å². The van der Waals surface area contributed by atoms with E-state index >= 15 is 0 Å². The zero-order valence-corrected chi connectivity index (χ0v) is 11.7. The third kappa shape index (κ3) is 3.47. The number of hydrogen-bond donors (Lipinski definition) is 1. The first-order chi connectivity index (χ1) is 9.11. The molecule has 1 N–H and O–H groups in total. The van der Waals surface area contributed by atoms with E-state index in [-0.39, 0.29) is 17.7 Å². The predicted octanol–water partition coefficient (Wildman–Crippen LogP) is 1.04. The summed E-state index contributed by atoms with van der Waals surface area (Å²) < 4.78 is 0. The van der Waals surface area contributed by atoms with Crippen molar-refractivity contribution in [1.82, 2.24) is 9.80 Å². The molecule has 0 radical (unpaired) electrons. The van der Waals surface area contributed by atoms with Crippen LogP contribution in [-0.4, -0.2) is 59.5 Å². The molecular formula is C14H24N2O3. The van der Waals surface area contributed by atoms with Gasteiger partial charge in [0.25, 0.3) is 0 Å². The first-order valence-electron chi connectivity index (χ1n) is 7.35. The Kier molecular flexibility index (Phi) is 4.80. The molecule has 0 aromatic heterocycles. The van der Waals surface area contributed by atoms with Gasteiger partial charge in [-0.3, -0.25) is 14.5 Å². The number of piperazine rings is 1. The van der Waals surface area contributed by atoms with Gasteiger partial charge in [0, 0.05) is 32.1 Å². The van der Waals surface area contributed by atoms with Gasteiger partial charge in [0.05, 0.1) is 5.92 Å². The molecule has 2 atom stereocenters. The molecule has 1 saturated carbocycles. The highest BCUT2D eigenvalue weighted by Crippen LogP contribution is 2.32. The summed E-state index contributed by atoms with van der Waals surface area (Å²) in [6.07, 6.45) is 3.08. The number of aliphatic carboxylic acids is 1. The molecule has 0 aromatic carbocycles. The molecule has 5 heteroatoms. The van der Waals surface area contributed by atoms with Gasteiger partial charge in [0.2, 0.25) is 5.91 Å². The van der Waals surface area contributed by atoms with Crippen LogP contribution in [0.5, 0.6) is 0 Å². The largest absolute Gasteiger partial charge is 0.481 e. The first kappa shape index (κ1) is 14.3. The Bertz CT molecular complexity index is 338. The van der Waals surface area contributed by atoms with Gasteiger partial charge in [-0.25, -0.2) is 0 Å². The lowest BCUT2D eigenvalue weighted by Crippen LogP contribution is -2.50. The van der Waals surface area contributed by atoms with E-state index in [0.717, 1.165) is 45.6 Å². The van der Waals surface area contributed by atoms with E-state index in [9.17, 15) is 9.59 Å². The van der Waals surface area contributed by atoms with Crippen molar-refractivity contribution in [2.24, 2.45) is 11.8 Å². The fourth-order valence-corrected chi connectivity index (χ4v) is 3.20. The molecule has 1 amide bonds. The maximum atomic E-state index is 12.3. The summed E-state index contributed by atoms with van der Waals surface area (Å²) in [5.41, 5.74) is 0. The van der Waals surface area contributed by atoms with E-state index in [1.54, 1.807) is 0 Å². The Labute approximate surface area is 114 Å². The van der Waals surface area contributed by atoms with E-state index in [1.807, 2.05) is 4.90 Å². The number of carboxylic acid groups (broad SMARTS) is 1. The Balaban J connectivity index is 1.80. The van der Waals surface area contributed by atoms with Crippen LogP contribution < -0.4 is 0 Å². The van der Waals surface area contributed by atoms with Crippen molar-refractivity contribution in [2.45, 2.75) is 32.6 Å². The Morgan fingerprint density at radius 2 is 1.74 bits per heavy atom. The topological polar surface area (TPSA) is 60.9 Å². The van der Waals surface area contributed by atoms with E-state index in [0.29, 0.717) is 12.8 Å². The average Bonchev–Trinajstić information content (AvgIpc) is 2.89. The summed E-state index contributed by atoms with van der Waals surface area (Å²) in [5.74, 6) is -0.933. The van der Waals surface area contributed by atoms with E-state index in [1.165, 1.54) is 0 Å². The highest BCUT2D eigenvalue weighted by atomic mass is 16.4. The maximum absolute atomic E-state index is 12.3. The van der Waals surface area contributed by atoms with Crippen LogP contribution in [0.2, 0.25) is 0 Å². The lowest BCUT2D eigenvalue weighted by Gasteiger charge is -2.35. The Morgan fingerprint density at radius 1 is 1.11 bits per heavy atom. The molecule has 19 heavy (non-hydrogen) atoms. The molecule has 2 fully saturated rings. The third-order valence-corrected chi connectivity index (χ3v) is 4.35. The van der Waals surface area contributed by atoms with Crippen LogP contribution in [0, 0.1) is 11.8 Å². The number of carbonyl (C=O) groups excluding carboxylic acids is 1. The van der Waals surface area contributed by atoms with Gasteiger partial charge < -0.3 is 10.0 Å². The fraction of sp³-hybridized carbons (Fsp3) is 0.857. The van der Waals surface area contributed by atoms with Crippen molar-refractivity contribution >= 4 is 11.9 Å². The summed E-state index contributed by atoms with van der Waals surface area (Å²) in [6.45, 7) is 6.78. The van der Waals surface area contributed by atoms with Gasteiger partial charge in [-0.2, -0.15) is 0 Å². The highest BCUT2D eigenvalue weighted by Gasteiger charge is 2.36. The SMILES string of the molecule is CCCN1CCN(C(=O)[C@@H]2CC[C@H](C(=O)O)C2)CC1. The number of amides is 1. The molecule has 0 aromatic rings.